The third kappa shape index (κ3) is 3.79. The van der Waals surface area contributed by atoms with E-state index in [1.165, 1.54) is 99.7 Å². The maximum absolute atomic E-state index is 2.66. The van der Waals surface area contributed by atoms with Gasteiger partial charge in [-0.1, -0.05) is 113 Å². The van der Waals surface area contributed by atoms with Gasteiger partial charge in [-0.2, -0.15) is 0 Å². The molecule has 0 saturated heterocycles. The van der Waals surface area contributed by atoms with Crippen LogP contribution < -0.4 is 4.90 Å². The fourth-order valence-electron chi connectivity index (χ4n) is 13.8. The van der Waals surface area contributed by atoms with Gasteiger partial charge in [0.15, 0.2) is 0 Å². The number of nitrogens with zero attached hydrogens (tertiary/aromatic N) is 1. The quantitative estimate of drug-likeness (QED) is 0.178. The Hall–Kier alpha value is -4.62. The molecule has 4 fully saturated rings. The zero-order chi connectivity index (χ0) is 35.5. The normalized spacial score (nSPS) is 29.9. The Morgan fingerprint density at radius 2 is 1.13 bits per heavy atom. The second-order valence-corrected chi connectivity index (χ2v) is 19.3. The largest absolute Gasteiger partial charge is 0.310 e. The molecule has 262 valence electrons. The van der Waals surface area contributed by atoms with Crippen LogP contribution >= 0.6 is 0 Å². The van der Waals surface area contributed by atoms with Crippen LogP contribution in [-0.2, 0) is 16.2 Å². The summed E-state index contributed by atoms with van der Waals surface area (Å²) in [4.78, 5) is 2.58. The van der Waals surface area contributed by atoms with E-state index in [9.17, 15) is 0 Å². The summed E-state index contributed by atoms with van der Waals surface area (Å²) in [5.74, 6) is 3.55. The van der Waals surface area contributed by atoms with Crippen LogP contribution in [0, 0.1) is 29.1 Å². The van der Waals surface area contributed by atoms with Crippen molar-refractivity contribution in [2.75, 3.05) is 4.90 Å². The molecule has 1 heteroatoms. The van der Waals surface area contributed by atoms with E-state index in [1.807, 2.05) is 0 Å². The van der Waals surface area contributed by atoms with Crippen LogP contribution in [0.25, 0.3) is 33.0 Å². The van der Waals surface area contributed by atoms with Gasteiger partial charge in [-0.25, -0.2) is 0 Å². The first-order valence-electron chi connectivity index (χ1n) is 20.5. The molecule has 53 heavy (non-hydrogen) atoms. The molecule has 0 N–H and O–H groups in total. The minimum Gasteiger partial charge on any atom is -0.310 e. The van der Waals surface area contributed by atoms with Gasteiger partial charge >= 0.3 is 0 Å². The maximum Gasteiger partial charge on any atom is 0.0465 e. The summed E-state index contributed by atoms with van der Waals surface area (Å²) in [6.07, 6.45) is 8.31. The van der Waals surface area contributed by atoms with Crippen LogP contribution in [0.2, 0.25) is 0 Å². The Morgan fingerprint density at radius 3 is 1.94 bits per heavy atom. The second-order valence-electron chi connectivity index (χ2n) is 19.3. The molecular weight excluding hydrogens is 639 g/mol. The summed E-state index contributed by atoms with van der Waals surface area (Å²) < 4.78 is 0. The monoisotopic (exact) mass is 687 g/mol. The lowest BCUT2D eigenvalue weighted by atomic mass is 9.27. The van der Waals surface area contributed by atoms with E-state index in [1.54, 1.807) is 11.1 Å². The third-order valence-corrected chi connectivity index (χ3v) is 16.2. The molecule has 6 aliphatic carbocycles. The highest BCUT2D eigenvalue weighted by Gasteiger charge is 2.84. The van der Waals surface area contributed by atoms with Crippen molar-refractivity contribution >= 4 is 27.8 Å². The number of hydrogen-bond acceptors (Lipinski definition) is 1. The van der Waals surface area contributed by atoms with E-state index in [0.29, 0.717) is 5.41 Å². The molecule has 0 aromatic heterocycles. The second kappa shape index (κ2) is 10.1. The maximum atomic E-state index is 2.66. The van der Waals surface area contributed by atoms with Gasteiger partial charge in [-0.15, -0.1) is 0 Å². The van der Waals surface area contributed by atoms with Gasteiger partial charge in [0.2, 0.25) is 0 Å². The molecule has 1 nitrogen and oxygen atoms in total. The fourth-order valence-corrected chi connectivity index (χ4v) is 13.8. The molecule has 12 rings (SSSR count). The van der Waals surface area contributed by atoms with Crippen molar-refractivity contribution < 1.29 is 0 Å². The Balaban J connectivity index is 1.03. The van der Waals surface area contributed by atoms with Gasteiger partial charge in [-0.05, 0) is 176 Å². The van der Waals surface area contributed by atoms with Crippen LogP contribution in [0.1, 0.15) is 88.5 Å². The molecule has 6 aromatic rings. The fraction of sp³-hybridized carbons (Fsp3) is 0.346. The molecule has 4 saturated carbocycles. The summed E-state index contributed by atoms with van der Waals surface area (Å²) in [5.41, 5.74) is 16.7. The lowest BCUT2D eigenvalue weighted by Gasteiger charge is -2.76. The number of hydrogen-bond donors (Lipinski definition) is 0. The van der Waals surface area contributed by atoms with E-state index in [4.69, 9.17) is 0 Å². The molecule has 6 atom stereocenters. The average molecular weight is 688 g/mol. The van der Waals surface area contributed by atoms with Gasteiger partial charge in [0, 0.05) is 22.5 Å². The summed E-state index contributed by atoms with van der Waals surface area (Å²) in [6, 6.07) is 49.5. The van der Waals surface area contributed by atoms with Crippen molar-refractivity contribution in [2.45, 2.75) is 82.5 Å². The minimum atomic E-state index is 0.138. The van der Waals surface area contributed by atoms with Crippen molar-refractivity contribution in [3.63, 3.8) is 0 Å². The Labute approximate surface area is 315 Å². The summed E-state index contributed by atoms with van der Waals surface area (Å²) in [6.45, 7) is 9.79. The van der Waals surface area contributed by atoms with Crippen molar-refractivity contribution in [3.8, 4) is 22.3 Å². The first-order valence-corrected chi connectivity index (χ1v) is 20.5. The Kier molecular flexibility index (Phi) is 5.88. The molecule has 2 bridgehead atoms. The first-order chi connectivity index (χ1) is 25.7. The van der Waals surface area contributed by atoms with Crippen molar-refractivity contribution in [1.29, 1.82) is 0 Å². The van der Waals surface area contributed by atoms with E-state index in [0.717, 1.165) is 23.7 Å². The minimum absolute atomic E-state index is 0.138. The van der Waals surface area contributed by atoms with Crippen molar-refractivity contribution in [3.05, 3.63) is 150 Å². The predicted octanol–water partition coefficient (Wildman–Crippen LogP) is 13.7. The molecule has 0 amide bonds. The van der Waals surface area contributed by atoms with E-state index < -0.39 is 0 Å². The van der Waals surface area contributed by atoms with Crippen LogP contribution in [0.3, 0.4) is 0 Å². The predicted molar refractivity (Wildman–Crippen MR) is 220 cm³/mol. The van der Waals surface area contributed by atoms with Gasteiger partial charge < -0.3 is 4.90 Å². The van der Waals surface area contributed by atoms with Gasteiger partial charge in [0.25, 0.3) is 0 Å². The van der Waals surface area contributed by atoms with E-state index in [2.05, 4.69) is 160 Å². The molecule has 6 unspecified atom stereocenters. The van der Waals surface area contributed by atoms with E-state index >= 15 is 0 Å². The molecule has 0 radical (unpaired) electrons. The van der Waals surface area contributed by atoms with Crippen LogP contribution in [0.4, 0.5) is 17.1 Å². The Morgan fingerprint density at radius 1 is 0.491 bits per heavy atom. The number of rotatable bonds is 4. The molecule has 0 aliphatic heterocycles. The van der Waals surface area contributed by atoms with Gasteiger partial charge in [0.05, 0.1) is 0 Å². The van der Waals surface area contributed by atoms with Crippen molar-refractivity contribution in [1.82, 2.24) is 0 Å². The molecule has 6 aliphatic rings. The lowest BCUT2D eigenvalue weighted by Crippen LogP contribution is -2.73. The van der Waals surface area contributed by atoms with Crippen LogP contribution in [0.5, 0.6) is 0 Å². The van der Waals surface area contributed by atoms with Crippen LogP contribution in [-0.4, -0.2) is 0 Å². The Bertz CT molecular complexity index is 2520. The topological polar surface area (TPSA) is 3.24 Å². The molecular formula is C52H49N. The smallest absolute Gasteiger partial charge is 0.0465 e. The average Bonchev–Trinajstić information content (AvgIpc) is 3.81. The van der Waals surface area contributed by atoms with Crippen molar-refractivity contribution in [2.24, 2.45) is 29.1 Å². The summed E-state index contributed by atoms with van der Waals surface area (Å²) in [5, 5.41) is 2.57. The zero-order valence-electron chi connectivity index (χ0n) is 31.6. The third-order valence-electron chi connectivity index (χ3n) is 16.2. The van der Waals surface area contributed by atoms with Crippen LogP contribution in [0.15, 0.2) is 127 Å². The van der Waals surface area contributed by atoms with E-state index in [-0.39, 0.29) is 16.2 Å². The molecule has 6 aromatic carbocycles. The highest BCUT2D eigenvalue weighted by molar-refractivity contribution is 5.89. The summed E-state index contributed by atoms with van der Waals surface area (Å²) in [7, 11) is 0. The SMILES string of the molecule is CC1(C)CCC(C)(C)c2cc(N(c3ccc(-c4ccc5ccccc5c4)cc3)c3ccc4c(c3)C3(c5ccccc5-4)C4CC5CC6CC3C64C5)ccc21. The van der Waals surface area contributed by atoms with Gasteiger partial charge in [0.1, 0.15) is 0 Å². The standard InChI is InChI=1S/C52H49N/c1-49(2)23-24-50(3,4)46-30-40(20-22-44(46)49)53(38-17-15-34(16-18-38)36-14-13-33-9-5-6-10-35(33)27-36)39-19-21-42-41-11-7-8-12-43(41)52(45(42)29-39)47-26-32-25-37-28-48(52)51(37,47)31-32/h5-22,27,29-30,32,37,47-48H,23-26,28,31H2,1-4H3. The zero-order valence-corrected chi connectivity index (χ0v) is 31.6. The molecule has 0 heterocycles. The number of anilines is 3. The lowest BCUT2D eigenvalue weighted by molar-refractivity contribution is -0.231. The first kappa shape index (κ1) is 30.8. The number of fused-ring (bicyclic) bond motifs is 10. The highest BCUT2D eigenvalue weighted by Crippen LogP contribution is 2.89. The van der Waals surface area contributed by atoms with Gasteiger partial charge in [-0.3, -0.25) is 0 Å². The summed E-state index contributed by atoms with van der Waals surface area (Å²) >= 11 is 0. The highest BCUT2D eigenvalue weighted by atomic mass is 15.1. The number of benzene rings is 6. The molecule has 2 spiro atoms.